The number of aryl methyl sites for hydroxylation is 4. The monoisotopic (exact) mass is 1930 g/mol. The summed E-state index contributed by atoms with van der Waals surface area (Å²) in [7, 11) is 0.333. The van der Waals surface area contributed by atoms with Gasteiger partial charge in [-0.2, -0.15) is 13.4 Å². The molecule has 9 atom stereocenters. The SMILES string of the molecule is COC(=O)C1C(=O)c2c(C)c3cc4nc(cc5[nH]c(cc6nc(c1c2[nH]3)[C@@H](CCC(=O)NCCCC(NC(=O)CCCc1nc2ccc(N(CCCl)CCCl)cc2n1C)C(=O)NNC(=O)OCCSSC[C@H](NC(=O)[C@H](CC(=O)NCCS(=O)(=O)O)NC(=O)CC[C@H](NC(=O)c1ccc(NCc2cnc3nc(N)[nH]c(=O)c3n2)cc1)C(=O)O)C(=O)O)[C@@H]6C)c(C)c5C(C)=O)[C@H](C)[C@H]4C. The quantitative estimate of drug-likeness (QED) is 0.00295. The Hall–Kier alpha value is -12.9. The van der Waals surface area contributed by atoms with Crippen molar-refractivity contribution in [2.45, 2.75) is 166 Å². The molecule has 0 saturated heterocycles. The lowest BCUT2D eigenvalue weighted by Crippen LogP contribution is -2.54. The minimum Gasteiger partial charge on any atom is -0.480 e. The Morgan fingerprint density at radius 3 is 2.04 bits per heavy atom. The van der Waals surface area contributed by atoms with Gasteiger partial charge in [0, 0.05) is 168 Å². The molecule has 8 bridgehead atoms. The van der Waals surface area contributed by atoms with Crippen LogP contribution in [0.25, 0.3) is 44.3 Å². The molecule has 8 aromatic rings. The summed E-state index contributed by atoms with van der Waals surface area (Å²) >= 11 is 12.2. The number of ether oxygens (including phenoxy) is 2. The Morgan fingerprint density at radius 2 is 1.36 bits per heavy atom. The normalized spacial score (nSPS) is 15.9. The Balaban J connectivity index is 0.695. The maximum atomic E-state index is 14.7. The Kier molecular flexibility index (Phi) is 34.5. The molecule has 6 aromatic heterocycles. The van der Waals surface area contributed by atoms with Crippen LogP contribution in [0.5, 0.6) is 0 Å². The van der Waals surface area contributed by atoms with E-state index in [1.165, 1.54) is 44.5 Å². The molecular formula is C86H103Cl2N21O21S3. The zero-order valence-corrected chi connectivity index (χ0v) is 77.7. The first kappa shape index (κ1) is 101. The number of nitrogen functional groups attached to an aromatic ring is 1. The van der Waals surface area contributed by atoms with Crippen LogP contribution in [0.3, 0.4) is 0 Å². The molecule has 2 aromatic carbocycles. The highest BCUT2D eigenvalue weighted by Crippen LogP contribution is 2.49. The largest absolute Gasteiger partial charge is 0.480 e. The smallest absolute Gasteiger partial charge is 0.426 e. The van der Waals surface area contributed by atoms with Crippen molar-refractivity contribution >= 4 is 193 Å². The van der Waals surface area contributed by atoms with Crippen LogP contribution in [-0.4, -0.2) is 243 Å². The third-order valence-electron chi connectivity index (χ3n) is 23.1. The molecule has 3 aliphatic rings. The summed E-state index contributed by atoms with van der Waals surface area (Å²) in [5, 5.41) is 37.9. The number of ketones is 2. The van der Waals surface area contributed by atoms with E-state index in [-0.39, 0.29) is 104 Å². The number of nitrogens with zero attached hydrogens (tertiary/aromatic N) is 8. The number of aromatic amines is 3. The van der Waals surface area contributed by atoms with Gasteiger partial charge in [0.1, 0.15) is 42.5 Å². The summed E-state index contributed by atoms with van der Waals surface area (Å²) < 4.78 is 44.4. The predicted octanol–water partition coefficient (Wildman–Crippen LogP) is 6.21. The second-order valence-corrected chi connectivity index (χ2v) is 37.1. The average molecular weight is 1930 g/mol. The molecule has 42 nitrogen and oxygen atoms in total. The Labute approximate surface area is 778 Å². The highest BCUT2D eigenvalue weighted by atomic mass is 35.5. The number of hydrazine groups is 1. The number of Topliss-reactive ketones (excluding diaryl/α,β-unsaturated/α-hetero) is 2. The molecule has 17 N–H and O–H groups in total. The lowest BCUT2D eigenvalue weighted by molar-refractivity contribution is -0.142. The van der Waals surface area contributed by atoms with E-state index in [0.717, 1.165) is 49.7 Å². The molecule has 710 valence electrons. The van der Waals surface area contributed by atoms with Crippen LogP contribution in [0, 0.1) is 13.8 Å². The van der Waals surface area contributed by atoms with Gasteiger partial charge in [0.2, 0.25) is 35.5 Å². The number of hydrogen-bond acceptors (Lipinski definition) is 29. The second kappa shape index (κ2) is 45.5. The molecule has 0 fully saturated rings. The van der Waals surface area contributed by atoms with Gasteiger partial charge in [-0.25, -0.2) is 34.8 Å². The molecule has 133 heavy (non-hydrogen) atoms. The van der Waals surface area contributed by atoms with Gasteiger partial charge in [0.25, 0.3) is 27.5 Å². The topological polar surface area (TPSA) is 619 Å². The van der Waals surface area contributed by atoms with Crippen LogP contribution in [0.15, 0.2) is 71.7 Å². The fourth-order valence-corrected chi connectivity index (χ4v) is 18.5. The van der Waals surface area contributed by atoms with Crippen LogP contribution in [0.1, 0.15) is 197 Å². The van der Waals surface area contributed by atoms with E-state index < -0.39 is 160 Å². The minimum atomic E-state index is -4.58. The number of carbonyl (C=O) groups is 13. The standard InChI is InChI=1S/C86H103Cl2N21O21S3/c1-41-42(2)56-36-60-69(46(6)110)44(4)58(96-60)35-57-43(3)51(73(100-57)71-72(84(124)129-8)76(115)70-45(5)59(101-74(70)71)34-55(41)95-56)19-22-65(111)90-26-10-11-53(98-66(112)13-9-12-64-97-52-20-18-50(33-63(52)108(64)7)109(28-24-87)29-25-88)80(118)106-107-86(125)130-30-31-131-132-40-62(83(122)123)103-79(117)61(37-68(114)91-27-32-133(126,127)128)99-67(113)23-21-54(82(120)121)102-78(116)47-14-16-48(17-15-47)92-38-49-39-93-77-75(94-49)81(119)105-85(89)104-77/h14-18,20,33-36,39,41-43,51,53-54,61-62,72,92,96,101H,9-13,19,21-32,37-38,40H2,1-8H3,(H,90,111)(H,91,114)(H,98,112)(H,99,113)(H,102,116)(H,103,117)(H,106,118)(H,107,125)(H,120,121)(H,122,123)(H,126,127,128)(H3,89,93,104,105,119)/t41-,42-,43+,51+,53?,54+,61+,62+,72?/m1/s1. The number of imidazole rings is 1. The van der Waals surface area contributed by atoms with Gasteiger partial charge in [0.05, 0.1) is 65.5 Å². The highest BCUT2D eigenvalue weighted by molar-refractivity contribution is 8.76. The number of H-pyrrole nitrogens is 3. The number of carbonyl (C=O) groups excluding carboxylic acids is 11. The van der Waals surface area contributed by atoms with Crippen molar-refractivity contribution in [1.82, 2.24) is 92.2 Å². The zero-order chi connectivity index (χ0) is 96.4. The van der Waals surface area contributed by atoms with E-state index in [2.05, 4.69) is 96.7 Å². The number of aromatic nitrogens is 10. The number of hydrogen-bond donors (Lipinski definition) is 16. The maximum Gasteiger partial charge on any atom is 0.426 e. The average Bonchev–Trinajstić information content (AvgIpc) is 1.56. The van der Waals surface area contributed by atoms with E-state index in [1.807, 2.05) is 61.9 Å². The molecule has 47 heteroatoms. The Morgan fingerprint density at radius 1 is 0.692 bits per heavy atom. The Bertz CT molecular complexity index is 6190. The number of carboxylic acid groups (broad SMARTS) is 2. The minimum absolute atomic E-state index is 0.00173. The number of nitrogens with one attached hydrogen (secondary N) is 12. The number of benzene rings is 2. The molecule has 8 amide bonds. The van der Waals surface area contributed by atoms with Crippen LogP contribution in [-0.2, 0) is 82.8 Å². The van der Waals surface area contributed by atoms with E-state index >= 15 is 0 Å². The van der Waals surface area contributed by atoms with Crippen molar-refractivity contribution in [3.63, 3.8) is 0 Å². The van der Waals surface area contributed by atoms with Crippen LogP contribution >= 0.6 is 44.8 Å². The number of halogens is 2. The second-order valence-electron chi connectivity index (χ2n) is 32.1. The number of rotatable bonds is 44. The fraction of sp³-hybridized carbons (Fsp3) is 0.442. The number of alkyl halides is 2. The van der Waals surface area contributed by atoms with Gasteiger partial charge in [-0.3, -0.25) is 77.7 Å². The van der Waals surface area contributed by atoms with Crippen molar-refractivity contribution in [3.8, 4) is 0 Å². The van der Waals surface area contributed by atoms with E-state index in [0.29, 0.717) is 116 Å². The first-order valence-corrected chi connectivity index (χ1v) is 47.7. The molecule has 2 aliphatic heterocycles. The van der Waals surface area contributed by atoms with Gasteiger partial charge in [-0.05, 0) is 125 Å². The lowest BCUT2D eigenvalue weighted by Gasteiger charge is -2.22. The van der Waals surface area contributed by atoms with Crippen molar-refractivity contribution in [2.24, 2.45) is 7.05 Å². The summed E-state index contributed by atoms with van der Waals surface area (Å²) in [6.45, 7) is 11.4. The summed E-state index contributed by atoms with van der Waals surface area (Å²) in [5.74, 6) is -13.1. The summed E-state index contributed by atoms with van der Waals surface area (Å²) in [4.78, 5) is 227. The van der Waals surface area contributed by atoms with Crippen molar-refractivity contribution in [3.05, 3.63) is 145 Å². The van der Waals surface area contributed by atoms with E-state index in [1.54, 1.807) is 6.92 Å². The third kappa shape index (κ3) is 25.7. The number of nitrogens with two attached hydrogens (primary N) is 1. The number of carboxylic acids is 2. The number of fused-ring (bicyclic) bond motifs is 10. The molecule has 8 heterocycles. The van der Waals surface area contributed by atoms with Crippen LogP contribution in [0.4, 0.5) is 22.1 Å². The number of anilines is 3. The number of methoxy groups -OCH3 is 1. The van der Waals surface area contributed by atoms with E-state index in [9.17, 15) is 90.3 Å². The van der Waals surface area contributed by atoms with E-state index in [4.69, 9.17) is 53.4 Å². The first-order chi connectivity index (χ1) is 63.3. The van der Waals surface area contributed by atoms with Crippen molar-refractivity contribution in [2.75, 3.05) is 84.9 Å². The molecule has 0 spiro atoms. The fourth-order valence-electron chi connectivity index (χ4n) is 15.8. The highest BCUT2D eigenvalue weighted by Gasteiger charge is 2.46. The summed E-state index contributed by atoms with van der Waals surface area (Å²) in [6.07, 6.45) is -1.30. The number of esters is 1. The number of amides is 8. The number of aliphatic carboxylic acids is 2. The van der Waals surface area contributed by atoms with Gasteiger partial charge >= 0.3 is 24.0 Å². The van der Waals surface area contributed by atoms with Gasteiger partial charge < -0.3 is 82.1 Å². The van der Waals surface area contributed by atoms with Gasteiger partial charge in [-0.15, -0.1) is 23.2 Å². The maximum absolute atomic E-state index is 14.7. The van der Waals surface area contributed by atoms with Crippen molar-refractivity contribution in [1.29, 1.82) is 0 Å². The third-order valence-corrected chi connectivity index (χ3v) is 26.5. The van der Waals surface area contributed by atoms with Crippen LogP contribution < -0.4 is 64.3 Å². The van der Waals surface area contributed by atoms with Gasteiger partial charge in [-0.1, -0.05) is 42.4 Å². The zero-order valence-electron chi connectivity index (χ0n) is 73.7. The summed E-state index contributed by atoms with van der Waals surface area (Å²) in [5.41, 5.74) is 19.7. The molecule has 0 saturated carbocycles. The molecule has 1 aliphatic carbocycles. The molecule has 2 unspecified atom stereocenters. The van der Waals surface area contributed by atoms with Gasteiger partial charge in [0.15, 0.2) is 22.7 Å². The molecule has 11 rings (SSSR count). The molecular weight excluding hydrogens is 1830 g/mol. The predicted molar refractivity (Wildman–Crippen MR) is 496 cm³/mol. The lowest BCUT2D eigenvalue weighted by atomic mass is 9.84. The first-order valence-electron chi connectivity index (χ1n) is 42.5. The van der Waals surface area contributed by atoms with Crippen LogP contribution in [0.2, 0.25) is 0 Å². The molecule has 0 radical (unpaired) electrons. The van der Waals surface area contributed by atoms with Crippen molar-refractivity contribution < 1.29 is 95.0 Å². The summed E-state index contributed by atoms with van der Waals surface area (Å²) in [6, 6.07) is 10.6.